The van der Waals surface area contributed by atoms with Gasteiger partial charge in [-0.3, -0.25) is 4.79 Å². The lowest BCUT2D eigenvalue weighted by atomic mass is 9.95. The number of piperidine rings is 1. The van der Waals surface area contributed by atoms with Gasteiger partial charge in [0.25, 0.3) is 5.91 Å². The Bertz CT molecular complexity index is 1250. The van der Waals surface area contributed by atoms with Crippen molar-refractivity contribution < 1.29 is 4.79 Å². The molecule has 5 rings (SSSR count). The van der Waals surface area contributed by atoms with Crippen molar-refractivity contribution in [2.75, 3.05) is 18.4 Å². The van der Waals surface area contributed by atoms with Crippen LogP contribution in [-0.2, 0) is 0 Å². The molecule has 9 nitrogen and oxygen atoms in total. The average Bonchev–Trinajstić information content (AvgIpc) is 3.36. The summed E-state index contributed by atoms with van der Waals surface area (Å²) in [6.45, 7) is 7.39. The van der Waals surface area contributed by atoms with Gasteiger partial charge in [0.2, 0.25) is 5.65 Å². The number of amides is 1. The monoisotopic (exact) mass is 428 g/mol. The lowest BCUT2D eigenvalue weighted by Crippen LogP contribution is -2.39. The topological polar surface area (TPSA) is 112 Å². The Morgan fingerprint density at radius 2 is 1.97 bits per heavy atom. The number of carbonyl (C=O) groups excluding carboxylic acids is 1. The molecule has 1 fully saturated rings. The molecule has 9 heteroatoms. The normalized spacial score (nSPS) is 15.8. The molecule has 0 aliphatic carbocycles. The number of nitrogens with zero attached hydrogens (tertiary/aromatic N) is 7. The van der Waals surface area contributed by atoms with E-state index in [1.807, 2.05) is 53.4 Å². The number of aromatic nitrogens is 5. The van der Waals surface area contributed by atoms with E-state index in [1.54, 1.807) is 4.52 Å². The maximum absolute atomic E-state index is 12.9. The molecule has 1 amide bonds. The number of benzene rings is 2. The number of nitriles is 1. The Morgan fingerprint density at radius 1 is 1.19 bits per heavy atom. The van der Waals surface area contributed by atoms with Crippen molar-refractivity contribution in [1.29, 1.82) is 5.26 Å². The lowest BCUT2D eigenvalue weighted by molar-refractivity contribution is 0.0671. The molecule has 32 heavy (non-hydrogen) atoms. The minimum Gasteiger partial charge on any atom is -0.338 e. The highest BCUT2D eigenvalue weighted by Crippen LogP contribution is 2.24. The molecule has 0 radical (unpaired) electrons. The maximum Gasteiger partial charge on any atom is 0.253 e. The first kappa shape index (κ1) is 21.2. The van der Waals surface area contributed by atoms with Crippen molar-refractivity contribution in [2.24, 2.45) is 5.92 Å². The lowest BCUT2D eigenvalue weighted by Gasteiger charge is -2.32. The number of likely N-dealkylation sites (tertiary alicyclic amines) is 1. The Labute approximate surface area is 185 Å². The first-order chi connectivity index (χ1) is 15.7. The van der Waals surface area contributed by atoms with Crippen molar-refractivity contribution in [3.05, 3.63) is 54.1 Å². The number of para-hydroxylation sites is 2. The number of hydrogen-bond acceptors (Lipinski definition) is 7. The zero-order valence-electron chi connectivity index (χ0n) is 17.8. The van der Waals surface area contributed by atoms with E-state index < -0.39 is 0 Å². The Kier molecular flexibility index (Phi) is 6.22. The number of rotatable bonds is 4. The van der Waals surface area contributed by atoms with E-state index in [4.69, 9.17) is 5.26 Å². The predicted octanol–water partition coefficient (Wildman–Crippen LogP) is 3.82. The van der Waals surface area contributed by atoms with Gasteiger partial charge >= 0.3 is 0 Å². The van der Waals surface area contributed by atoms with Crippen LogP contribution >= 0.6 is 0 Å². The fraction of sp³-hybridized carbons (Fsp3) is 0.304. The first-order valence-electron chi connectivity index (χ1n) is 10.6. The molecule has 2 aromatic carbocycles. The van der Waals surface area contributed by atoms with Gasteiger partial charge in [-0.2, -0.15) is 4.52 Å². The third kappa shape index (κ3) is 4.07. The van der Waals surface area contributed by atoms with Gasteiger partial charge in [-0.1, -0.05) is 25.5 Å². The molecule has 2 aromatic heterocycles. The molecule has 1 aliphatic rings. The van der Waals surface area contributed by atoms with Gasteiger partial charge in [0, 0.05) is 30.9 Å². The summed E-state index contributed by atoms with van der Waals surface area (Å²) >= 11 is 0. The smallest absolute Gasteiger partial charge is 0.253 e. The highest BCUT2D eigenvalue weighted by molar-refractivity contribution is 5.94. The molecule has 1 aliphatic heterocycles. The molecular formula is C23H24N8O. The summed E-state index contributed by atoms with van der Waals surface area (Å²) in [5, 5.41) is 21.8. The van der Waals surface area contributed by atoms with Crippen LogP contribution in [0.1, 0.15) is 36.5 Å². The van der Waals surface area contributed by atoms with Gasteiger partial charge in [0.1, 0.15) is 0 Å². The van der Waals surface area contributed by atoms with E-state index >= 15 is 0 Å². The first-order valence-corrected chi connectivity index (χ1v) is 10.6. The second-order valence-electron chi connectivity index (χ2n) is 7.73. The Hall–Kier alpha value is -4.06. The van der Waals surface area contributed by atoms with Crippen LogP contribution in [0.4, 0.5) is 11.5 Å². The van der Waals surface area contributed by atoms with Crippen molar-refractivity contribution in [3.63, 3.8) is 0 Å². The van der Waals surface area contributed by atoms with Gasteiger partial charge in [0.05, 0.1) is 11.0 Å². The van der Waals surface area contributed by atoms with E-state index in [0.717, 1.165) is 42.7 Å². The third-order valence-electron chi connectivity index (χ3n) is 5.80. The second-order valence-corrected chi connectivity index (χ2v) is 7.73. The summed E-state index contributed by atoms with van der Waals surface area (Å²) in [5.41, 5.74) is 3.72. The van der Waals surface area contributed by atoms with Crippen LogP contribution in [0.25, 0.3) is 16.7 Å². The van der Waals surface area contributed by atoms with Crippen LogP contribution in [-0.4, -0.2) is 48.9 Å². The van der Waals surface area contributed by atoms with Gasteiger partial charge in [0.15, 0.2) is 5.82 Å². The molecule has 1 atom stereocenters. The summed E-state index contributed by atoms with van der Waals surface area (Å²) in [4.78, 5) is 19.5. The minimum atomic E-state index is 0.104. The number of tetrazole rings is 1. The molecule has 4 aromatic rings. The van der Waals surface area contributed by atoms with Crippen LogP contribution in [0.2, 0.25) is 0 Å². The number of carbonyl (C=O) groups is 1. The maximum atomic E-state index is 12.9. The highest BCUT2D eigenvalue weighted by Gasteiger charge is 2.23. The predicted molar refractivity (Wildman–Crippen MR) is 121 cm³/mol. The zero-order chi connectivity index (χ0) is 22.5. The number of fused-ring (bicyclic) bond motifs is 3. The zero-order valence-corrected chi connectivity index (χ0v) is 17.8. The van der Waals surface area contributed by atoms with E-state index in [0.29, 0.717) is 22.9 Å². The Balaban J connectivity index is 0.00000119. The fourth-order valence-corrected chi connectivity index (χ4v) is 4.09. The fourth-order valence-electron chi connectivity index (χ4n) is 4.09. The third-order valence-corrected chi connectivity index (χ3v) is 5.80. The average molecular weight is 429 g/mol. The van der Waals surface area contributed by atoms with E-state index in [-0.39, 0.29) is 5.91 Å². The van der Waals surface area contributed by atoms with Crippen molar-refractivity contribution in [3.8, 4) is 6.57 Å². The highest BCUT2D eigenvalue weighted by atomic mass is 16.2. The van der Waals surface area contributed by atoms with Gasteiger partial charge < -0.3 is 10.2 Å². The van der Waals surface area contributed by atoms with Gasteiger partial charge in [-0.15, -0.1) is 5.10 Å². The number of hydrogen-bond donors (Lipinski definition) is 1. The molecule has 3 heterocycles. The van der Waals surface area contributed by atoms with Crippen LogP contribution in [0, 0.1) is 17.8 Å². The van der Waals surface area contributed by atoms with Crippen LogP contribution in [0.15, 0.2) is 48.5 Å². The minimum absolute atomic E-state index is 0.104. The van der Waals surface area contributed by atoms with Crippen molar-refractivity contribution in [1.82, 2.24) is 29.9 Å². The van der Waals surface area contributed by atoms with Crippen molar-refractivity contribution in [2.45, 2.75) is 26.2 Å². The number of nitrogens with one attached hydrogen (secondary N) is 1. The molecule has 1 unspecified atom stereocenters. The van der Waals surface area contributed by atoms with Gasteiger partial charge in [-0.25, -0.2) is 10.2 Å². The van der Waals surface area contributed by atoms with E-state index in [1.165, 1.54) is 6.42 Å². The van der Waals surface area contributed by atoms with Gasteiger partial charge in [-0.05, 0) is 65.6 Å². The summed E-state index contributed by atoms with van der Waals surface area (Å²) < 4.78 is 1.67. The molecule has 0 spiro atoms. The molecule has 0 saturated carbocycles. The second kappa shape index (κ2) is 9.39. The summed E-state index contributed by atoms with van der Waals surface area (Å²) in [6.07, 6.45) is 3.42. The SMILES string of the molecule is C#N.CCC1CCCN(C(=O)c2ccc(Nc3nc4ccccc4n4nnnc34)cc2)C1. The van der Waals surface area contributed by atoms with Crippen LogP contribution < -0.4 is 5.32 Å². The molecule has 1 N–H and O–H groups in total. The number of anilines is 2. The molecule has 0 bridgehead atoms. The molecule has 1 saturated heterocycles. The van der Waals surface area contributed by atoms with Crippen molar-refractivity contribution >= 4 is 34.1 Å². The molecule has 162 valence electrons. The van der Waals surface area contributed by atoms with Crippen LogP contribution in [0.5, 0.6) is 0 Å². The summed E-state index contributed by atoms with van der Waals surface area (Å²) in [7, 11) is 0. The Morgan fingerprint density at radius 3 is 2.75 bits per heavy atom. The van der Waals surface area contributed by atoms with E-state index in [2.05, 4.69) is 39.3 Å². The quantitative estimate of drug-likeness (QED) is 0.526. The standard InChI is InChI=1S/C22H23N7O.CHN/c1-2-15-6-5-13-28(14-15)22(30)16-9-11-17(12-10-16)23-20-21-25-26-27-29(21)19-8-4-3-7-18(19)24-20;1-2/h3-4,7-12,15H,2,5-6,13-14H2,1H3,(H,23,24);1H. The summed E-state index contributed by atoms with van der Waals surface area (Å²) in [6, 6.07) is 15.2. The molecular weight excluding hydrogens is 404 g/mol. The largest absolute Gasteiger partial charge is 0.338 e. The summed E-state index contributed by atoms with van der Waals surface area (Å²) in [5.74, 6) is 1.29. The van der Waals surface area contributed by atoms with E-state index in [9.17, 15) is 4.79 Å². The van der Waals surface area contributed by atoms with Crippen LogP contribution in [0.3, 0.4) is 0 Å².